The Morgan fingerprint density at radius 3 is 1.65 bits per heavy atom. The zero-order chi connectivity index (χ0) is 24.2. The first-order chi connectivity index (χ1) is 16.3. The standard InChI is InChI=1S/C28H26Cl4O2/c29-23-10-8-17(25(31)15-23)12-19-4-1-2-5-20(27(19)33)14-22-7-3-6-21(28(22)34)13-18-9-11-24(30)16-26(18)32/h8-13,15-16,20,22H,1-7,14H2/b19-12+,21-13+. The molecule has 2 nitrogen and oxygen atoms in total. The van der Waals surface area contributed by atoms with Crippen LogP contribution >= 0.6 is 46.4 Å². The third-order valence-corrected chi connectivity index (χ3v) is 7.90. The molecule has 0 bridgehead atoms. The largest absolute Gasteiger partial charge is 0.294 e. The number of carbonyl (C=O) groups excluding carboxylic acids is 2. The molecule has 0 aliphatic heterocycles. The number of Topliss-reactive ketones (excluding diaryl/α,β-unsaturated/α-hetero) is 2. The molecule has 178 valence electrons. The van der Waals surface area contributed by atoms with Crippen molar-refractivity contribution in [2.24, 2.45) is 11.8 Å². The minimum absolute atomic E-state index is 0.139. The van der Waals surface area contributed by atoms with E-state index in [1.807, 2.05) is 24.3 Å². The molecule has 4 rings (SSSR count). The molecule has 0 heterocycles. The van der Waals surface area contributed by atoms with Gasteiger partial charge in [0.05, 0.1) is 0 Å². The predicted molar refractivity (Wildman–Crippen MR) is 143 cm³/mol. The highest BCUT2D eigenvalue weighted by molar-refractivity contribution is 6.36. The van der Waals surface area contributed by atoms with Gasteiger partial charge >= 0.3 is 0 Å². The predicted octanol–water partition coefficient (Wildman–Crippen LogP) is 9.29. The summed E-state index contributed by atoms with van der Waals surface area (Å²) in [5.74, 6) is -0.000467. The van der Waals surface area contributed by atoms with E-state index in [-0.39, 0.29) is 23.4 Å². The Hall–Kier alpha value is -1.58. The van der Waals surface area contributed by atoms with Crippen molar-refractivity contribution in [1.82, 2.24) is 0 Å². The summed E-state index contributed by atoms with van der Waals surface area (Å²) in [4.78, 5) is 26.8. The topological polar surface area (TPSA) is 34.1 Å². The summed E-state index contributed by atoms with van der Waals surface area (Å²) in [5.41, 5.74) is 3.17. The first-order valence-corrected chi connectivity index (χ1v) is 13.2. The van der Waals surface area contributed by atoms with Crippen LogP contribution in [0.25, 0.3) is 12.2 Å². The summed E-state index contributed by atoms with van der Waals surface area (Å²) in [6.07, 6.45) is 10.3. The fraction of sp³-hybridized carbons (Fsp3) is 0.357. The molecule has 0 aromatic heterocycles. The van der Waals surface area contributed by atoms with Crippen LogP contribution in [0.15, 0.2) is 47.5 Å². The Labute approximate surface area is 220 Å². The quantitative estimate of drug-likeness (QED) is 0.288. The second-order valence-electron chi connectivity index (χ2n) is 9.17. The average molecular weight is 536 g/mol. The third kappa shape index (κ3) is 6.15. The van der Waals surface area contributed by atoms with Crippen molar-refractivity contribution < 1.29 is 9.59 Å². The lowest BCUT2D eigenvalue weighted by Gasteiger charge is -2.26. The van der Waals surface area contributed by atoms with Gasteiger partial charge in [0.25, 0.3) is 0 Å². The lowest BCUT2D eigenvalue weighted by atomic mass is 9.76. The van der Waals surface area contributed by atoms with Gasteiger partial charge in [-0.1, -0.05) is 65.0 Å². The molecule has 0 radical (unpaired) electrons. The fourth-order valence-corrected chi connectivity index (χ4v) is 5.90. The molecule has 0 amide bonds. The summed E-state index contributed by atoms with van der Waals surface area (Å²) in [5, 5.41) is 2.20. The Bertz CT molecular complexity index is 1160. The molecule has 0 spiro atoms. The monoisotopic (exact) mass is 534 g/mol. The Balaban J connectivity index is 1.52. The molecule has 2 saturated carbocycles. The highest BCUT2D eigenvalue weighted by Gasteiger charge is 2.33. The summed E-state index contributed by atoms with van der Waals surface area (Å²) >= 11 is 24.7. The van der Waals surface area contributed by atoms with Crippen molar-refractivity contribution in [2.45, 2.75) is 51.4 Å². The van der Waals surface area contributed by atoms with Crippen LogP contribution in [0.2, 0.25) is 20.1 Å². The van der Waals surface area contributed by atoms with Gasteiger partial charge in [-0.2, -0.15) is 0 Å². The number of benzene rings is 2. The second-order valence-corrected chi connectivity index (χ2v) is 10.9. The molecule has 2 aromatic carbocycles. The second kappa shape index (κ2) is 11.4. The molecule has 2 unspecified atom stereocenters. The fourth-order valence-electron chi connectivity index (χ4n) is 4.97. The van der Waals surface area contributed by atoms with Crippen molar-refractivity contribution >= 4 is 70.1 Å². The number of halogens is 4. The maximum atomic E-state index is 13.5. The number of allylic oxidation sites excluding steroid dienone is 2. The molecular weight excluding hydrogens is 510 g/mol. The van der Waals surface area contributed by atoms with Crippen molar-refractivity contribution in [1.29, 1.82) is 0 Å². The van der Waals surface area contributed by atoms with Crippen LogP contribution in [-0.2, 0) is 9.59 Å². The van der Waals surface area contributed by atoms with E-state index >= 15 is 0 Å². The first kappa shape index (κ1) is 25.5. The van der Waals surface area contributed by atoms with Gasteiger partial charge in [0, 0.05) is 31.9 Å². The number of hydrogen-bond acceptors (Lipinski definition) is 2. The first-order valence-electron chi connectivity index (χ1n) is 11.7. The number of ketones is 2. The van der Waals surface area contributed by atoms with Gasteiger partial charge in [-0.15, -0.1) is 0 Å². The summed E-state index contributed by atoms with van der Waals surface area (Å²) < 4.78 is 0. The van der Waals surface area contributed by atoms with Crippen molar-refractivity contribution in [2.75, 3.05) is 0 Å². The highest BCUT2D eigenvalue weighted by atomic mass is 35.5. The van der Waals surface area contributed by atoms with E-state index in [1.54, 1.807) is 24.3 Å². The molecule has 2 fully saturated rings. The number of hydrogen-bond donors (Lipinski definition) is 0. The van der Waals surface area contributed by atoms with Crippen molar-refractivity contribution in [3.8, 4) is 0 Å². The van der Waals surface area contributed by atoms with E-state index in [2.05, 4.69) is 0 Å². The van der Waals surface area contributed by atoms with Crippen LogP contribution in [0, 0.1) is 11.8 Å². The van der Waals surface area contributed by atoms with Crippen LogP contribution in [0.3, 0.4) is 0 Å². The summed E-state index contributed by atoms with van der Waals surface area (Å²) in [6.45, 7) is 0. The van der Waals surface area contributed by atoms with E-state index in [1.165, 1.54) is 0 Å². The lowest BCUT2D eigenvalue weighted by molar-refractivity contribution is -0.123. The molecule has 34 heavy (non-hydrogen) atoms. The van der Waals surface area contributed by atoms with E-state index in [9.17, 15) is 9.59 Å². The molecule has 6 heteroatoms. The van der Waals surface area contributed by atoms with Crippen LogP contribution < -0.4 is 0 Å². The minimum atomic E-state index is -0.146. The van der Waals surface area contributed by atoms with Gasteiger partial charge in [0.15, 0.2) is 11.6 Å². The molecule has 2 aromatic rings. The average Bonchev–Trinajstić information content (AvgIpc) is 2.96. The van der Waals surface area contributed by atoms with Crippen LogP contribution in [0.1, 0.15) is 62.5 Å². The molecule has 0 N–H and O–H groups in total. The molecule has 0 saturated heterocycles. The minimum Gasteiger partial charge on any atom is -0.294 e. The molecular formula is C28H26Cl4O2. The SMILES string of the molecule is O=C1/C(=C/c2ccc(Cl)cc2Cl)CCCCC1CC1CCC/C(=C\c2ccc(Cl)cc2Cl)C1=O. The normalized spacial score (nSPS) is 24.0. The Kier molecular flexibility index (Phi) is 8.58. The van der Waals surface area contributed by atoms with Crippen LogP contribution in [0.4, 0.5) is 0 Å². The van der Waals surface area contributed by atoms with Gasteiger partial charge in [0.2, 0.25) is 0 Å². The molecule has 2 aliphatic carbocycles. The van der Waals surface area contributed by atoms with E-state index < -0.39 is 0 Å². The van der Waals surface area contributed by atoms with Gasteiger partial charge in [0.1, 0.15) is 0 Å². The van der Waals surface area contributed by atoms with E-state index in [0.29, 0.717) is 26.5 Å². The Morgan fingerprint density at radius 2 is 1.15 bits per heavy atom. The van der Waals surface area contributed by atoms with Gasteiger partial charge in [-0.3, -0.25) is 9.59 Å². The van der Waals surface area contributed by atoms with Crippen LogP contribution in [-0.4, -0.2) is 11.6 Å². The summed E-state index contributed by atoms with van der Waals surface area (Å²) in [6, 6.07) is 10.6. The number of carbonyl (C=O) groups is 2. The third-order valence-electron chi connectivity index (χ3n) is 6.78. The Morgan fingerprint density at radius 1 is 0.676 bits per heavy atom. The highest BCUT2D eigenvalue weighted by Crippen LogP contribution is 2.37. The lowest BCUT2D eigenvalue weighted by Crippen LogP contribution is -2.27. The van der Waals surface area contributed by atoms with Gasteiger partial charge in [-0.05, 0) is 104 Å². The van der Waals surface area contributed by atoms with Gasteiger partial charge in [-0.25, -0.2) is 0 Å². The van der Waals surface area contributed by atoms with Crippen LogP contribution in [0.5, 0.6) is 0 Å². The summed E-state index contributed by atoms with van der Waals surface area (Å²) in [7, 11) is 0. The van der Waals surface area contributed by atoms with Gasteiger partial charge < -0.3 is 0 Å². The van der Waals surface area contributed by atoms with E-state index in [0.717, 1.165) is 67.2 Å². The van der Waals surface area contributed by atoms with E-state index in [4.69, 9.17) is 46.4 Å². The zero-order valence-electron chi connectivity index (χ0n) is 18.8. The van der Waals surface area contributed by atoms with Crippen molar-refractivity contribution in [3.05, 3.63) is 78.8 Å². The zero-order valence-corrected chi connectivity index (χ0v) is 21.8. The van der Waals surface area contributed by atoms with Crippen molar-refractivity contribution in [3.63, 3.8) is 0 Å². The molecule has 2 atom stereocenters. The molecule has 2 aliphatic rings. The maximum absolute atomic E-state index is 13.5. The maximum Gasteiger partial charge on any atom is 0.161 e. The smallest absolute Gasteiger partial charge is 0.161 e. The number of rotatable bonds is 4.